The van der Waals surface area contributed by atoms with Gasteiger partial charge < -0.3 is 10.3 Å². The first kappa shape index (κ1) is 13.8. The van der Waals surface area contributed by atoms with Gasteiger partial charge in [-0.05, 0) is 52.7 Å². The highest BCUT2D eigenvalue weighted by atomic mass is 79.9. The number of benzene rings is 1. The number of pyridine rings is 1. The molecular formula is C16H14BrN3O. The summed E-state index contributed by atoms with van der Waals surface area (Å²) in [7, 11) is 0. The van der Waals surface area contributed by atoms with Crippen molar-refractivity contribution in [3.63, 3.8) is 0 Å². The smallest absolute Gasteiger partial charge is 0.252 e. The van der Waals surface area contributed by atoms with Crippen LogP contribution in [0.1, 0.15) is 21.5 Å². The van der Waals surface area contributed by atoms with Crippen LogP contribution in [0.3, 0.4) is 0 Å². The Morgan fingerprint density at radius 2 is 2.19 bits per heavy atom. The third-order valence-corrected chi connectivity index (χ3v) is 4.05. The number of amides is 1. The molecule has 0 bridgehead atoms. The van der Waals surface area contributed by atoms with E-state index in [4.69, 9.17) is 0 Å². The van der Waals surface area contributed by atoms with E-state index in [1.807, 2.05) is 43.5 Å². The molecule has 3 aromatic rings. The highest BCUT2D eigenvalue weighted by Gasteiger charge is 2.11. The number of carbonyl (C=O) groups is 1. The molecule has 2 heterocycles. The van der Waals surface area contributed by atoms with E-state index in [0.29, 0.717) is 12.1 Å². The van der Waals surface area contributed by atoms with Gasteiger partial charge >= 0.3 is 0 Å². The summed E-state index contributed by atoms with van der Waals surface area (Å²) in [6.45, 7) is 2.44. The van der Waals surface area contributed by atoms with E-state index in [0.717, 1.165) is 26.6 Å². The summed E-state index contributed by atoms with van der Waals surface area (Å²) in [6.07, 6.45) is 3.59. The lowest BCUT2D eigenvalue weighted by Crippen LogP contribution is -2.23. The number of halogens is 1. The van der Waals surface area contributed by atoms with Crippen LogP contribution in [0.25, 0.3) is 11.0 Å². The van der Waals surface area contributed by atoms with Gasteiger partial charge in [-0.3, -0.25) is 4.79 Å². The number of fused-ring (bicyclic) bond motifs is 1. The maximum absolute atomic E-state index is 12.3. The zero-order chi connectivity index (χ0) is 14.8. The molecule has 0 spiro atoms. The molecule has 0 atom stereocenters. The number of hydrogen-bond acceptors (Lipinski definition) is 2. The molecular weight excluding hydrogens is 330 g/mol. The summed E-state index contributed by atoms with van der Waals surface area (Å²) >= 11 is 3.42. The molecule has 3 rings (SSSR count). The van der Waals surface area contributed by atoms with Crippen LogP contribution in [0.5, 0.6) is 0 Å². The summed E-state index contributed by atoms with van der Waals surface area (Å²) in [5.41, 5.74) is 3.58. The molecule has 5 heteroatoms. The van der Waals surface area contributed by atoms with Gasteiger partial charge in [-0.2, -0.15) is 0 Å². The van der Waals surface area contributed by atoms with Crippen LogP contribution in [0.15, 0.2) is 47.2 Å². The number of aryl methyl sites for hydroxylation is 1. The van der Waals surface area contributed by atoms with Crippen molar-refractivity contribution in [2.45, 2.75) is 13.5 Å². The molecule has 106 valence electrons. The summed E-state index contributed by atoms with van der Waals surface area (Å²) in [4.78, 5) is 19.6. The normalized spacial score (nSPS) is 10.8. The highest BCUT2D eigenvalue weighted by molar-refractivity contribution is 9.10. The minimum absolute atomic E-state index is 0.0916. The lowest BCUT2D eigenvalue weighted by molar-refractivity contribution is 0.0950. The molecule has 0 aliphatic carbocycles. The van der Waals surface area contributed by atoms with Crippen LogP contribution in [0, 0.1) is 6.92 Å². The van der Waals surface area contributed by atoms with Crippen LogP contribution in [-0.2, 0) is 6.54 Å². The molecule has 0 saturated heterocycles. The maximum atomic E-state index is 12.3. The van der Waals surface area contributed by atoms with Gasteiger partial charge in [-0.25, -0.2) is 4.98 Å². The van der Waals surface area contributed by atoms with Crippen LogP contribution >= 0.6 is 15.9 Å². The average molecular weight is 344 g/mol. The van der Waals surface area contributed by atoms with Crippen LogP contribution in [-0.4, -0.2) is 15.9 Å². The van der Waals surface area contributed by atoms with Crippen molar-refractivity contribution < 1.29 is 4.79 Å². The second kappa shape index (κ2) is 5.69. The van der Waals surface area contributed by atoms with Gasteiger partial charge in [-0.15, -0.1) is 0 Å². The van der Waals surface area contributed by atoms with Crippen LogP contribution in [0.4, 0.5) is 0 Å². The number of rotatable bonds is 3. The Hall–Kier alpha value is -2.14. The second-order valence-corrected chi connectivity index (χ2v) is 5.73. The fourth-order valence-electron chi connectivity index (χ4n) is 2.26. The van der Waals surface area contributed by atoms with Gasteiger partial charge in [0.05, 0.1) is 5.56 Å². The molecule has 0 fully saturated rings. The van der Waals surface area contributed by atoms with E-state index in [9.17, 15) is 4.79 Å². The quantitative estimate of drug-likeness (QED) is 0.763. The molecule has 0 saturated carbocycles. The predicted molar refractivity (Wildman–Crippen MR) is 86.1 cm³/mol. The van der Waals surface area contributed by atoms with E-state index in [2.05, 4.69) is 31.2 Å². The number of H-pyrrole nitrogens is 1. The Balaban J connectivity index is 1.80. The van der Waals surface area contributed by atoms with Crippen molar-refractivity contribution in [2.24, 2.45) is 0 Å². The molecule has 21 heavy (non-hydrogen) atoms. The minimum atomic E-state index is -0.0916. The van der Waals surface area contributed by atoms with Crippen molar-refractivity contribution in [3.05, 3.63) is 63.9 Å². The van der Waals surface area contributed by atoms with E-state index in [1.165, 1.54) is 0 Å². The van der Waals surface area contributed by atoms with Crippen molar-refractivity contribution in [3.8, 4) is 0 Å². The van der Waals surface area contributed by atoms with Crippen LogP contribution < -0.4 is 5.32 Å². The topological polar surface area (TPSA) is 57.8 Å². The Kier molecular flexibility index (Phi) is 3.75. The number of hydrogen-bond donors (Lipinski definition) is 2. The lowest BCUT2D eigenvalue weighted by atomic mass is 10.1. The molecule has 0 radical (unpaired) electrons. The summed E-state index contributed by atoms with van der Waals surface area (Å²) in [5.74, 6) is -0.0916. The largest absolute Gasteiger partial charge is 0.348 e. The Labute approximate surface area is 130 Å². The van der Waals surface area contributed by atoms with Crippen molar-refractivity contribution in [1.29, 1.82) is 0 Å². The van der Waals surface area contributed by atoms with Gasteiger partial charge in [0.2, 0.25) is 0 Å². The number of nitrogens with zero attached hydrogens (tertiary/aromatic N) is 1. The number of aromatic amines is 1. The van der Waals surface area contributed by atoms with E-state index < -0.39 is 0 Å². The first-order valence-electron chi connectivity index (χ1n) is 6.60. The summed E-state index contributed by atoms with van der Waals surface area (Å²) in [6, 6.07) is 9.61. The SMILES string of the molecule is Cc1ccc(Br)c(C(=O)NCc2ccnc3[nH]ccc23)c1. The first-order chi connectivity index (χ1) is 10.1. The molecule has 0 aliphatic heterocycles. The fourth-order valence-corrected chi connectivity index (χ4v) is 2.68. The molecule has 1 aromatic carbocycles. The average Bonchev–Trinajstić information content (AvgIpc) is 2.96. The van der Waals surface area contributed by atoms with Crippen molar-refractivity contribution in [2.75, 3.05) is 0 Å². The maximum Gasteiger partial charge on any atom is 0.252 e. The number of carbonyl (C=O) groups excluding carboxylic acids is 1. The van der Waals surface area contributed by atoms with Gasteiger partial charge in [0.25, 0.3) is 5.91 Å². The third-order valence-electron chi connectivity index (χ3n) is 3.36. The van der Waals surface area contributed by atoms with Crippen LogP contribution in [0.2, 0.25) is 0 Å². The number of aromatic nitrogens is 2. The van der Waals surface area contributed by atoms with Gasteiger partial charge in [-0.1, -0.05) is 11.6 Å². The van der Waals surface area contributed by atoms with Crippen molar-refractivity contribution in [1.82, 2.24) is 15.3 Å². The molecule has 2 N–H and O–H groups in total. The lowest BCUT2D eigenvalue weighted by Gasteiger charge is -2.08. The first-order valence-corrected chi connectivity index (χ1v) is 7.40. The number of nitrogens with one attached hydrogen (secondary N) is 2. The van der Waals surface area contributed by atoms with E-state index >= 15 is 0 Å². The van der Waals surface area contributed by atoms with Crippen molar-refractivity contribution >= 4 is 32.9 Å². The minimum Gasteiger partial charge on any atom is -0.348 e. The Bertz CT molecular complexity index is 810. The van der Waals surface area contributed by atoms with E-state index in [1.54, 1.807) is 6.20 Å². The highest BCUT2D eigenvalue weighted by Crippen LogP contribution is 2.19. The van der Waals surface area contributed by atoms with E-state index in [-0.39, 0.29) is 5.91 Å². The van der Waals surface area contributed by atoms with Gasteiger partial charge in [0, 0.05) is 28.8 Å². The summed E-state index contributed by atoms with van der Waals surface area (Å²) in [5, 5.41) is 3.98. The van der Waals surface area contributed by atoms with Gasteiger partial charge in [0.15, 0.2) is 0 Å². The molecule has 1 amide bonds. The zero-order valence-corrected chi connectivity index (χ0v) is 13.1. The summed E-state index contributed by atoms with van der Waals surface area (Å²) < 4.78 is 0.798. The zero-order valence-electron chi connectivity index (χ0n) is 11.5. The molecule has 0 unspecified atom stereocenters. The second-order valence-electron chi connectivity index (χ2n) is 4.88. The third kappa shape index (κ3) is 2.83. The Morgan fingerprint density at radius 3 is 3.05 bits per heavy atom. The van der Waals surface area contributed by atoms with Gasteiger partial charge in [0.1, 0.15) is 5.65 Å². The molecule has 4 nitrogen and oxygen atoms in total. The molecule has 0 aliphatic rings. The molecule has 2 aromatic heterocycles. The monoisotopic (exact) mass is 343 g/mol. The Morgan fingerprint density at radius 1 is 1.33 bits per heavy atom. The fraction of sp³-hybridized carbons (Fsp3) is 0.125. The standard InChI is InChI=1S/C16H14BrN3O/c1-10-2-3-14(17)13(8-10)16(21)20-9-11-4-6-18-15-12(11)5-7-19-15/h2-8H,9H2,1H3,(H,18,19)(H,20,21). The predicted octanol–water partition coefficient (Wildman–Crippen LogP) is 3.56.